The molecule has 0 bridgehead atoms. The summed E-state index contributed by atoms with van der Waals surface area (Å²) in [6, 6.07) is 59.0. The van der Waals surface area contributed by atoms with E-state index >= 15 is 0 Å². The number of unbranched alkanes of at least 4 members (excludes halogenated alkanes) is 2. The maximum atomic E-state index is 3.31. The first-order valence-electron chi connectivity index (χ1n) is 22.2. The molecule has 1 aliphatic heterocycles. The molecule has 0 fully saturated rings. The zero-order valence-corrected chi connectivity index (χ0v) is 41.3. The standard InChI is InChI=1S/2C23H27.C12H7Si.Hf/c2*1-4-5-9-19-10-6-7-12-21(19)22-13-8-11-20-15-18(14-17(2)3)16-23(20)22;1-3-7-11-9(5-1)10-6-2-4-8-12(10)13-11;/h2*6-8,10-13,15-17H,4-5,9,14H2,1-3H3;1-7H;/q3*-1;. The first-order valence-corrected chi connectivity index (χ1v) is 23.2. The summed E-state index contributed by atoms with van der Waals surface area (Å²) < 4.78 is 0. The Bertz CT molecular complexity index is 2400. The van der Waals surface area contributed by atoms with E-state index in [9.17, 15) is 0 Å². The normalized spacial score (nSPS) is 11.5. The van der Waals surface area contributed by atoms with Crippen molar-refractivity contribution in [1.29, 1.82) is 0 Å². The minimum absolute atomic E-state index is 0. The van der Waals surface area contributed by atoms with Crippen molar-refractivity contribution in [2.45, 2.75) is 92.9 Å². The van der Waals surface area contributed by atoms with Gasteiger partial charge in [0.05, 0.1) is 9.52 Å². The largest absolute Gasteiger partial charge is 0.184 e. The second-order valence-electron chi connectivity index (χ2n) is 17.2. The van der Waals surface area contributed by atoms with Crippen LogP contribution in [0.15, 0.2) is 152 Å². The molecule has 8 aromatic carbocycles. The molecule has 2 heteroatoms. The van der Waals surface area contributed by atoms with Gasteiger partial charge in [-0.15, -0.1) is 74.6 Å². The Morgan fingerprint density at radius 1 is 0.500 bits per heavy atom. The van der Waals surface area contributed by atoms with E-state index in [1.807, 2.05) is 6.07 Å². The van der Waals surface area contributed by atoms with Crippen LogP contribution in [0.3, 0.4) is 0 Å². The van der Waals surface area contributed by atoms with Crippen LogP contribution in [0.25, 0.3) is 54.9 Å². The smallest absolute Gasteiger partial charge is 0.0920 e. The summed E-state index contributed by atoms with van der Waals surface area (Å²) >= 11 is 0. The minimum atomic E-state index is 0. The molecular formula is C58H61HfSi-3. The summed E-state index contributed by atoms with van der Waals surface area (Å²) in [6.45, 7) is 13.7. The van der Waals surface area contributed by atoms with E-state index in [0.717, 1.165) is 22.4 Å². The molecule has 0 saturated carbocycles. The van der Waals surface area contributed by atoms with E-state index in [0.29, 0.717) is 11.8 Å². The number of fused-ring (bicyclic) bond motifs is 5. The fourth-order valence-corrected chi connectivity index (χ4v) is 10.0. The minimum Gasteiger partial charge on any atom is -0.184 e. The predicted molar refractivity (Wildman–Crippen MR) is 260 cm³/mol. The van der Waals surface area contributed by atoms with Crippen molar-refractivity contribution in [3.8, 4) is 33.4 Å². The van der Waals surface area contributed by atoms with Crippen molar-refractivity contribution in [2.24, 2.45) is 11.8 Å². The van der Waals surface area contributed by atoms with Crippen LogP contribution in [0.2, 0.25) is 0 Å². The Kier molecular flexibility index (Phi) is 16.5. The monoisotopic (exact) mass is 965 g/mol. The number of rotatable bonds is 12. The van der Waals surface area contributed by atoms with Gasteiger partial charge in [0.2, 0.25) is 0 Å². The van der Waals surface area contributed by atoms with Crippen molar-refractivity contribution in [3.63, 3.8) is 0 Å². The third-order valence-electron chi connectivity index (χ3n) is 11.5. The molecule has 0 atom stereocenters. The SMILES string of the molecule is CCCCc1ccccc1-c1cccc2[cH-]c(CC(C)C)cc12.CCCCc1ccccc1-c1cccc2[cH-]c(CC(C)C)cc12.[Hf].[c-]1cccc2c1[Si]c1ccccc1-2. The Labute approximate surface area is 382 Å². The van der Waals surface area contributed by atoms with Gasteiger partial charge in [0.25, 0.3) is 0 Å². The van der Waals surface area contributed by atoms with Gasteiger partial charge in [-0.3, -0.25) is 0 Å². The molecule has 0 saturated heterocycles. The molecule has 0 unspecified atom stereocenters. The maximum absolute atomic E-state index is 3.31. The quantitative estimate of drug-likeness (QED) is 0.0845. The van der Waals surface area contributed by atoms with Crippen LogP contribution in [-0.4, -0.2) is 9.52 Å². The Balaban J connectivity index is 0.000000155. The molecule has 0 N–H and O–H groups in total. The summed E-state index contributed by atoms with van der Waals surface area (Å²) in [7, 11) is 0.795. The van der Waals surface area contributed by atoms with Crippen LogP contribution in [0.1, 0.15) is 89.5 Å². The fourth-order valence-electron chi connectivity index (χ4n) is 8.70. The van der Waals surface area contributed by atoms with E-state index in [4.69, 9.17) is 0 Å². The number of hydrogen-bond donors (Lipinski definition) is 0. The van der Waals surface area contributed by atoms with Crippen LogP contribution < -0.4 is 10.4 Å². The van der Waals surface area contributed by atoms with Crippen molar-refractivity contribution in [3.05, 3.63) is 180 Å². The summed E-state index contributed by atoms with van der Waals surface area (Å²) in [5.74, 6) is 1.40. The average Bonchev–Trinajstić information content (AvgIpc) is 3.97. The van der Waals surface area contributed by atoms with Gasteiger partial charge in [0.15, 0.2) is 0 Å². The zero-order valence-electron chi connectivity index (χ0n) is 36.7. The van der Waals surface area contributed by atoms with E-state index in [1.54, 1.807) is 0 Å². The summed E-state index contributed by atoms with van der Waals surface area (Å²) in [5.41, 5.74) is 14.3. The van der Waals surface area contributed by atoms with Crippen molar-refractivity contribution < 1.29 is 25.8 Å². The number of hydrogen-bond acceptors (Lipinski definition) is 0. The molecule has 2 radical (unpaired) electrons. The van der Waals surface area contributed by atoms with Gasteiger partial charge in [-0.2, -0.15) is 41.6 Å². The second-order valence-corrected chi connectivity index (χ2v) is 18.5. The number of aryl methyl sites for hydroxylation is 2. The molecule has 9 rings (SSSR count). The van der Waals surface area contributed by atoms with E-state index in [2.05, 4.69) is 193 Å². The van der Waals surface area contributed by atoms with Crippen LogP contribution >= 0.6 is 0 Å². The molecule has 8 aromatic rings. The zero-order chi connectivity index (χ0) is 41.1. The van der Waals surface area contributed by atoms with Gasteiger partial charge in [0.1, 0.15) is 0 Å². The fraction of sp³-hybridized carbons (Fsp3) is 0.276. The van der Waals surface area contributed by atoms with Gasteiger partial charge in [0, 0.05) is 25.8 Å². The topological polar surface area (TPSA) is 0 Å². The molecule has 0 aromatic heterocycles. The number of benzene rings is 6. The Morgan fingerprint density at radius 2 is 0.950 bits per heavy atom. The molecule has 60 heavy (non-hydrogen) atoms. The molecule has 0 spiro atoms. The molecule has 0 aliphatic carbocycles. The van der Waals surface area contributed by atoms with Gasteiger partial charge >= 0.3 is 0 Å². The van der Waals surface area contributed by atoms with E-state index < -0.39 is 0 Å². The molecule has 1 heterocycles. The van der Waals surface area contributed by atoms with Gasteiger partial charge in [-0.25, -0.2) is 0 Å². The molecule has 1 aliphatic rings. The summed E-state index contributed by atoms with van der Waals surface area (Å²) in [6.07, 6.45) is 9.66. The average molecular weight is 965 g/mol. The predicted octanol–water partition coefficient (Wildman–Crippen LogP) is 14.7. The van der Waals surface area contributed by atoms with E-state index in [1.165, 1.54) is 126 Å². The molecule has 0 amide bonds. The summed E-state index contributed by atoms with van der Waals surface area (Å²) in [5, 5.41) is 8.40. The Hall–Kier alpha value is -4.37. The first kappa shape index (κ1) is 45.2. The second kappa shape index (κ2) is 21.9. The van der Waals surface area contributed by atoms with Crippen LogP contribution in [0.5, 0.6) is 0 Å². The van der Waals surface area contributed by atoms with Crippen molar-refractivity contribution >= 4 is 41.4 Å². The van der Waals surface area contributed by atoms with Crippen LogP contribution in [-0.2, 0) is 51.5 Å². The summed E-state index contributed by atoms with van der Waals surface area (Å²) in [4.78, 5) is 0. The first-order chi connectivity index (χ1) is 28.8. The maximum Gasteiger partial charge on any atom is 0.0920 e. The van der Waals surface area contributed by atoms with Crippen LogP contribution in [0, 0.1) is 17.9 Å². The van der Waals surface area contributed by atoms with Crippen molar-refractivity contribution in [2.75, 3.05) is 0 Å². The van der Waals surface area contributed by atoms with Gasteiger partial charge in [-0.05, 0) is 72.6 Å². The third kappa shape index (κ3) is 11.1. The molecular weight excluding hydrogens is 903 g/mol. The third-order valence-corrected chi connectivity index (χ3v) is 12.8. The molecule has 0 nitrogen and oxygen atoms in total. The van der Waals surface area contributed by atoms with Crippen LogP contribution in [0.4, 0.5) is 0 Å². The van der Waals surface area contributed by atoms with Gasteiger partial charge in [-0.1, -0.05) is 161 Å². The van der Waals surface area contributed by atoms with Gasteiger partial charge < -0.3 is 0 Å². The Morgan fingerprint density at radius 3 is 1.45 bits per heavy atom. The molecule has 304 valence electrons. The van der Waals surface area contributed by atoms with Crippen molar-refractivity contribution in [1.82, 2.24) is 0 Å². The van der Waals surface area contributed by atoms with E-state index in [-0.39, 0.29) is 25.8 Å².